The molecule has 5 heteroatoms. The summed E-state index contributed by atoms with van der Waals surface area (Å²) in [6.07, 6.45) is 5.23. The van der Waals surface area contributed by atoms with Gasteiger partial charge in [-0.1, -0.05) is 18.2 Å². The van der Waals surface area contributed by atoms with Crippen LogP contribution in [0, 0.1) is 5.92 Å². The number of amides is 1. The third kappa shape index (κ3) is 2.32. The minimum absolute atomic E-state index is 0.00396. The van der Waals surface area contributed by atoms with Gasteiger partial charge in [0.25, 0.3) is 0 Å². The summed E-state index contributed by atoms with van der Waals surface area (Å²) in [7, 11) is 0. The molecule has 3 rings (SSSR count). The monoisotopic (exact) mass is 289 g/mol. The number of hydrogen-bond acceptors (Lipinski definition) is 3. The molecule has 1 amide bonds. The zero-order valence-corrected chi connectivity index (χ0v) is 11.7. The topological polar surface area (TPSA) is 67.1 Å². The fourth-order valence-electron chi connectivity index (χ4n) is 2.51. The number of hydrogen-bond donors (Lipinski definition) is 3. The summed E-state index contributed by atoms with van der Waals surface area (Å²) in [6, 6.07) is 3.84. The van der Waals surface area contributed by atoms with E-state index in [0.717, 1.165) is 29.7 Å². The van der Waals surface area contributed by atoms with Crippen LogP contribution >= 0.6 is 11.6 Å². The average Bonchev–Trinajstić information content (AvgIpc) is 2.37. The molecule has 0 aromatic heterocycles. The Kier molecular flexibility index (Phi) is 3.28. The highest BCUT2D eigenvalue weighted by Gasteiger charge is 2.32. The van der Waals surface area contributed by atoms with Crippen molar-refractivity contribution in [2.24, 2.45) is 11.7 Å². The lowest BCUT2D eigenvalue weighted by Crippen LogP contribution is -2.42. The number of fused-ring (bicyclic) bond motifs is 1. The van der Waals surface area contributed by atoms with E-state index in [1.807, 2.05) is 24.4 Å². The third-order valence-electron chi connectivity index (χ3n) is 3.79. The van der Waals surface area contributed by atoms with Gasteiger partial charge in [0.15, 0.2) is 0 Å². The summed E-state index contributed by atoms with van der Waals surface area (Å²) in [5.74, 6) is -0.00503. The molecule has 2 aliphatic rings. The number of rotatable bonds is 2. The van der Waals surface area contributed by atoms with Gasteiger partial charge in [0, 0.05) is 29.4 Å². The van der Waals surface area contributed by atoms with Crippen molar-refractivity contribution in [3.05, 3.63) is 41.1 Å². The fourth-order valence-corrected chi connectivity index (χ4v) is 2.72. The van der Waals surface area contributed by atoms with Gasteiger partial charge in [-0.25, -0.2) is 0 Å². The number of carbonyl (C=O) groups excluding carboxylic acids is 1. The highest BCUT2D eigenvalue weighted by molar-refractivity contribution is 6.34. The molecule has 4 N–H and O–H groups in total. The zero-order valence-electron chi connectivity index (χ0n) is 10.9. The Balaban J connectivity index is 1.82. The molecule has 0 spiro atoms. The van der Waals surface area contributed by atoms with Gasteiger partial charge >= 0.3 is 0 Å². The van der Waals surface area contributed by atoms with Crippen molar-refractivity contribution < 1.29 is 4.79 Å². The van der Waals surface area contributed by atoms with Crippen molar-refractivity contribution in [1.82, 2.24) is 5.32 Å². The number of benzene rings is 1. The molecule has 20 heavy (non-hydrogen) atoms. The van der Waals surface area contributed by atoms with Crippen LogP contribution in [-0.4, -0.2) is 11.9 Å². The van der Waals surface area contributed by atoms with E-state index in [9.17, 15) is 4.79 Å². The summed E-state index contributed by atoms with van der Waals surface area (Å²) in [4.78, 5) is 12.1. The van der Waals surface area contributed by atoms with E-state index in [4.69, 9.17) is 17.3 Å². The number of halogens is 1. The van der Waals surface area contributed by atoms with Crippen LogP contribution in [0.3, 0.4) is 0 Å². The van der Waals surface area contributed by atoms with Crippen LogP contribution in [0.25, 0.3) is 11.8 Å². The first-order chi connectivity index (χ1) is 9.54. The van der Waals surface area contributed by atoms with Crippen LogP contribution in [0.2, 0.25) is 5.02 Å². The Morgan fingerprint density at radius 3 is 2.90 bits per heavy atom. The van der Waals surface area contributed by atoms with Crippen molar-refractivity contribution in [3.8, 4) is 0 Å². The summed E-state index contributed by atoms with van der Waals surface area (Å²) < 4.78 is 0. The Hall–Kier alpha value is -1.78. The standard InChI is InChI=1S/C15H16ClN3O/c1-8-12-7-13(16)14(6-9(12)2-3-18-8)19-15(20)10-4-11(17)5-10/h2-3,6-7,10-11,18H,1,4-5,17H2,(H,19,20). The van der Waals surface area contributed by atoms with Gasteiger partial charge in [-0.3, -0.25) is 4.79 Å². The number of nitrogens with one attached hydrogen (secondary N) is 2. The highest BCUT2D eigenvalue weighted by Crippen LogP contribution is 2.33. The van der Waals surface area contributed by atoms with Crippen molar-refractivity contribution in [2.45, 2.75) is 18.9 Å². The largest absolute Gasteiger partial charge is 0.362 e. The van der Waals surface area contributed by atoms with Crippen LogP contribution in [0.15, 0.2) is 24.9 Å². The van der Waals surface area contributed by atoms with Crippen molar-refractivity contribution in [3.63, 3.8) is 0 Å². The van der Waals surface area contributed by atoms with Crippen molar-refractivity contribution >= 4 is 35.0 Å². The molecule has 1 heterocycles. The number of anilines is 1. The summed E-state index contributed by atoms with van der Waals surface area (Å²) >= 11 is 6.23. The third-order valence-corrected chi connectivity index (χ3v) is 4.10. The lowest BCUT2D eigenvalue weighted by Gasteiger charge is -2.31. The second kappa shape index (κ2) is 4.96. The lowest BCUT2D eigenvalue weighted by molar-refractivity contribution is -0.122. The molecule has 0 radical (unpaired) electrons. The Labute approximate surface area is 122 Å². The van der Waals surface area contributed by atoms with E-state index < -0.39 is 0 Å². The average molecular weight is 290 g/mol. The smallest absolute Gasteiger partial charge is 0.227 e. The maximum atomic E-state index is 12.1. The van der Waals surface area contributed by atoms with E-state index >= 15 is 0 Å². The number of carbonyl (C=O) groups is 1. The molecule has 1 aromatic carbocycles. The van der Waals surface area contributed by atoms with Gasteiger partial charge < -0.3 is 16.4 Å². The molecule has 1 fully saturated rings. The van der Waals surface area contributed by atoms with Crippen LogP contribution in [0.4, 0.5) is 5.69 Å². The first kappa shape index (κ1) is 13.2. The van der Waals surface area contributed by atoms with Crippen molar-refractivity contribution in [2.75, 3.05) is 5.32 Å². The van der Waals surface area contributed by atoms with E-state index in [2.05, 4.69) is 17.2 Å². The first-order valence-corrected chi connectivity index (χ1v) is 6.95. The molecule has 104 valence electrons. The predicted octanol–water partition coefficient (Wildman–Crippen LogP) is 2.56. The maximum absolute atomic E-state index is 12.1. The Bertz CT molecular complexity index is 618. The maximum Gasteiger partial charge on any atom is 0.227 e. The predicted molar refractivity (Wildman–Crippen MR) is 82.0 cm³/mol. The van der Waals surface area contributed by atoms with Gasteiger partial charge in [0.05, 0.1) is 10.7 Å². The van der Waals surface area contributed by atoms with Gasteiger partial charge in [-0.2, -0.15) is 0 Å². The van der Waals surface area contributed by atoms with E-state index in [1.165, 1.54) is 0 Å². The van der Waals surface area contributed by atoms with Crippen LogP contribution < -0.4 is 16.4 Å². The highest BCUT2D eigenvalue weighted by atomic mass is 35.5. The summed E-state index contributed by atoms with van der Waals surface area (Å²) in [5, 5.41) is 6.43. The zero-order chi connectivity index (χ0) is 14.3. The minimum Gasteiger partial charge on any atom is -0.362 e. The van der Waals surface area contributed by atoms with Crippen molar-refractivity contribution in [1.29, 1.82) is 0 Å². The first-order valence-electron chi connectivity index (χ1n) is 6.57. The fraction of sp³-hybridized carbons (Fsp3) is 0.267. The number of nitrogens with two attached hydrogens (primary N) is 1. The summed E-state index contributed by atoms with van der Waals surface area (Å²) in [5.41, 5.74) is 9.07. The van der Waals surface area contributed by atoms with E-state index in [0.29, 0.717) is 10.7 Å². The molecule has 0 bridgehead atoms. The van der Waals surface area contributed by atoms with Crippen LogP contribution in [-0.2, 0) is 4.79 Å². The van der Waals surface area contributed by atoms with Gasteiger partial charge in [-0.15, -0.1) is 0 Å². The van der Waals surface area contributed by atoms with E-state index in [1.54, 1.807) is 0 Å². The lowest BCUT2D eigenvalue weighted by atomic mass is 9.80. The van der Waals surface area contributed by atoms with Gasteiger partial charge in [0.2, 0.25) is 5.91 Å². The molecule has 1 aromatic rings. The summed E-state index contributed by atoms with van der Waals surface area (Å²) in [6.45, 7) is 3.92. The van der Waals surface area contributed by atoms with Gasteiger partial charge in [-0.05, 0) is 36.6 Å². The molecule has 0 unspecified atom stereocenters. The van der Waals surface area contributed by atoms with Crippen LogP contribution in [0.5, 0.6) is 0 Å². The SMILES string of the molecule is C=C1NC=Cc2cc(NC(=O)C3CC(N)C3)c(Cl)cc21. The molecule has 4 nitrogen and oxygen atoms in total. The Morgan fingerprint density at radius 1 is 1.45 bits per heavy atom. The molecule has 1 aliphatic heterocycles. The van der Waals surface area contributed by atoms with Crippen LogP contribution in [0.1, 0.15) is 24.0 Å². The molecular weight excluding hydrogens is 274 g/mol. The molecule has 0 saturated heterocycles. The molecule has 1 aliphatic carbocycles. The van der Waals surface area contributed by atoms with Gasteiger partial charge in [0.1, 0.15) is 0 Å². The minimum atomic E-state index is -0.00899. The molecule has 1 saturated carbocycles. The Morgan fingerprint density at radius 2 is 2.20 bits per heavy atom. The molecular formula is C15H16ClN3O. The molecule has 0 atom stereocenters. The van der Waals surface area contributed by atoms with E-state index in [-0.39, 0.29) is 17.9 Å². The second-order valence-corrected chi connectivity index (χ2v) is 5.70. The normalized spacial score (nSPS) is 23.6. The second-order valence-electron chi connectivity index (χ2n) is 5.29. The quantitative estimate of drug-likeness (QED) is 0.784.